The Bertz CT molecular complexity index is 807. The second-order valence-corrected chi connectivity index (χ2v) is 5.38. The summed E-state index contributed by atoms with van der Waals surface area (Å²) in [5.74, 6) is 0.0483. The first kappa shape index (κ1) is 14.0. The van der Waals surface area contributed by atoms with Gasteiger partial charge in [0.15, 0.2) is 11.6 Å². The van der Waals surface area contributed by atoms with Gasteiger partial charge in [0.25, 0.3) is 0 Å². The van der Waals surface area contributed by atoms with E-state index in [9.17, 15) is 4.39 Å². The molecule has 0 saturated carbocycles. The Morgan fingerprint density at radius 2 is 2.00 bits per heavy atom. The Morgan fingerprint density at radius 1 is 1.14 bits per heavy atom. The summed E-state index contributed by atoms with van der Waals surface area (Å²) in [6.45, 7) is 0.288. The molecule has 0 unspecified atom stereocenters. The number of pyridine rings is 1. The second-order valence-electron chi connectivity index (χ2n) is 4.52. The smallest absolute Gasteiger partial charge is 0.227 e. The number of rotatable bonds is 3. The van der Waals surface area contributed by atoms with Gasteiger partial charge < -0.3 is 10.5 Å². The number of halogens is 2. The van der Waals surface area contributed by atoms with Crippen LogP contribution in [0.5, 0.6) is 11.6 Å². The molecule has 2 aromatic carbocycles. The van der Waals surface area contributed by atoms with E-state index in [4.69, 9.17) is 10.5 Å². The lowest BCUT2D eigenvalue weighted by molar-refractivity contribution is 0.432. The van der Waals surface area contributed by atoms with E-state index in [1.807, 2.05) is 24.3 Å². The number of benzene rings is 2. The van der Waals surface area contributed by atoms with Crippen LogP contribution in [0.4, 0.5) is 4.39 Å². The molecule has 0 bridgehead atoms. The number of aromatic nitrogens is 1. The van der Waals surface area contributed by atoms with E-state index in [1.54, 1.807) is 18.3 Å². The van der Waals surface area contributed by atoms with E-state index in [0.29, 0.717) is 11.4 Å². The molecule has 0 aliphatic rings. The molecule has 0 radical (unpaired) electrons. The van der Waals surface area contributed by atoms with Gasteiger partial charge in [-0.2, -0.15) is 0 Å². The van der Waals surface area contributed by atoms with Gasteiger partial charge in [-0.25, -0.2) is 9.37 Å². The summed E-state index contributed by atoms with van der Waals surface area (Å²) in [4.78, 5) is 4.19. The van der Waals surface area contributed by atoms with Crippen LogP contribution in [0.3, 0.4) is 0 Å². The predicted molar refractivity (Wildman–Crippen MR) is 83.8 cm³/mol. The summed E-state index contributed by atoms with van der Waals surface area (Å²) in [6, 6.07) is 12.2. The van der Waals surface area contributed by atoms with Crippen molar-refractivity contribution in [2.45, 2.75) is 6.54 Å². The Labute approximate surface area is 129 Å². The largest absolute Gasteiger partial charge is 0.435 e. The van der Waals surface area contributed by atoms with Crippen LogP contribution in [0.1, 0.15) is 5.56 Å². The van der Waals surface area contributed by atoms with E-state index in [-0.39, 0.29) is 12.3 Å². The molecule has 0 saturated heterocycles. The predicted octanol–water partition coefficient (Wildman–Crippen LogP) is 4.39. The zero-order valence-electron chi connectivity index (χ0n) is 11.0. The van der Waals surface area contributed by atoms with Gasteiger partial charge in [0.2, 0.25) is 5.88 Å². The van der Waals surface area contributed by atoms with Gasteiger partial charge in [-0.15, -0.1) is 0 Å². The van der Waals surface area contributed by atoms with Gasteiger partial charge in [-0.05, 0) is 35.9 Å². The summed E-state index contributed by atoms with van der Waals surface area (Å²) in [5, 5.41) is 1.77. The minimum absolute atomic E-state index is 0.132. The number of hydrogen-bond acceptors (Lipinski definition) is 3. The van der Waals surface area contributed by atoms with Crippen molar-refractivity contribution >= 4 is 26.7 Å². The maximum absolute atomic E-state index is 14.0. The molecular formula is C16H12BrFN2O. The number of fused-ring (bicyclic) bond motifs is 1. The third-order valence-corrected chi connectivity index (χ3v) is 3.85. The lowest BCUT2D eigenvalue weighted by Crippen LogP contribution is -1.98. The summed E-state index contributed by atoms with van der Waals surface area (Å²) in [7, 11) is 0. The number of nitrogens with two attached hydrogens (primary N) is 1. The van der Waals surface area contributed by atoms with E-state index in [0.717, 1.165) is 15.2 Å². The van der Waals surface area contributed by atoms with Crippen molar-refractivity contribution in [1.82, 2.24) is 4.98 Å². The zero-order valence-corrected chi connectivity index (χ0v) is 12.6. The maximum atomic E-state index is 14.0. The van der Waals surface area contributed by atoms with Crippen molar-refractivity contribution in [2.24, 2.45) is 5.73 Å². The highest BCUT2D eigenvalue weighted by Gasteiger charge is 2.10. The summed E-state index contributed by atoms with van der Waals surface area (Å²) in [5.41, 5.74) is 6.20. The molecule has 0 atom stereocenters. The minimum Gasteiger partial charge on any atom is -0.435 e. The molecule has 0 amide bonds. The van der Waals surface area contributed by atoms with Crippen molar-refractivity contribution in [3.05, 3.63) is 64.5 Å². The SMILES string of the molecule is NCc1ccc(Oc2nccc3c(Br)cccc23)c(F)c1. The van der Waals surface area contributed by atoms with Crippen molar-refractivity contribution in [3.8, 4) is 11.6 Å². The molecule has 21 heavy (non-hydrogen) atoms. The first-order chi connectivity index (χ1) is 10.2. The van der Waals surface area contributed by atoms with Crippen LogP contribution < -0.4 is 10.5 Å². The van der Waals surface area contributed by atoms with Crippen molar-refractivity contribution in [1.29, 1.82) is 0 Å². The number of hydrogen-bond donors (Lipinski definition) is 1. The highest BCUT2D eigenvalue weighted by Crippen LogP contribution is 2.32. The van der Waals surface area contributed by atoms with Gasteiger partial charge in [0, 0.05) is 28.0 Å². The first-order valence-corrected chi connectivity index (χ1v) is 7.18. The molecule has 106 valence electrons. The molecule has 5 heteroatoms. The van der Waals surface area contributed by atoms with E-state index in [2.05, 4.69) is 20.9 Å². The van der Waals surface area contributed by atoms with Gasteiger partial charge in [0.05, 0.1) is 0 Å². The second kappa shape index (κ2) is 5.79. The Kier molecular flexibility index (Phi) is 3.86. The summed E-state index contributed by atoms with van der Waals surface area (Å²) < 4.78 is 20.5. The van der Waals surface area contributed by atoms with Crippen LogP contribution in [-0.4, -0.2) is 4.98 Å². The van der Waals surface area contributed by atoms with Crippen LogP contribution >= 0.6 is 15.9 Å². The zero-order chi connectivity index (χ0) is 14.8. The van der Waals surface area contributed by atoms with Gasteiger partial charge in [0.1, 0.15) is 0 Å². The molecule has 3 aromatic rings. The Hall–Kier alpha value is -1.98. The van der Waals surface area contributed by atoms with Crippen molar-refractivity contribution < 1.29 is 9.13 Å². The molecule has 0 aliphatic heterocycles. The molecule has 1 aromatic heterocycles. The van der Waals surface area contributed by atoms with E-state index < -0.39 is 5.82 Å². The molecule has 3 nitrogen and oxygen atoms in total. The monoisotopic (exact) mass is 346 g/mol. The van der Waals surface area contributed by atoms with Crippen molar-refractivity contribution in [3.63, 3.8) is 0 Å². The van der Waals surface area contributed by atoms with Crippen molar-refractivity contribution in [2.75, 3.05) is 0 Å². The molecule has 2 N–H and O–H groups in total. The lowest BCUT2D eigenvalue weighted by atomic mass is 10.2. The average molecular weight is 347 g/mol. The molecule has 0 aliphatic carbocycles. The number of nitrogens with zero attached hydrogens (tertiary/aromatic N) is 1. The van der Waals surface area contributed by atoms with Crippen LogP contribution in [0.15, 0.2) is 53.1 Å². The van der Waals surface area contributed by atoms with Gasteiger partial charge >= 0.3 is 0 Å². The van der Waals surface area contributed by atoms with Crippen LogP contribution in [0.2, 0.25) is 0 Å². The van der Waals surface area contributed by atoms with Crippen LogP contribution in [0.25, 0.3) is 10.8 Å². The first-order valence-electron chi connectivity index (χ1n) is 6.38. The van der Waals surface area contributed by atoms with E-state index >= 15 is 0 Å². The molecule has 1 heterocycles. The minimum atomic E-state index is -0.452. The summed E-state index contributed by atoms with van der Waals surface area (Å²) >= 11 is 3.48. The normalized spacial score (nSPS) is 10.8. The topological polar surface area (TPSA) is 48.1 Å². The third kappa shape index (κ3) is 2.75. The quantitative estimate of drug-likeness (QED) is 0.765. The van der Waals surface area contributed by atoms with Crippen LogP contribution in [-0.2, 0) is 6.54 Å². The highest BCUT2D eigenvalue weighted by atomic mass is 79.9. The average Bonchev–Trinajstić information content (AvgIpc) is 2.50. The van der Waals surface area contributed by atoms with E-state index in [1.165, 1.54) is 6.07 Å². The highest BCUT2D eigenvalue weighted by molar-refractivity contribution is 9.10. The number of ether oxygens (including phenoxy) is 1. The fourth-order valence-electron chi connectivity index (χ4n) is 2.08. The maximum Gasteiger partial charge on any atom is 0.227 e. The fraction of sp³-hybridized carbons (Fsp3) is 0.0625. The Morgan fingerprint density at radius 3 is 2.76 bits per heavy atom. The molecule has 3 rings (SSSR count). The van der Waals surface area contributed by atoms with Crippen LogP contribution in [0, 0.1) is 5.82 Å². The molecular weight excluding hydrogens is 335 g/mol. The summed E-state index contributed by atoms with van der Waals surface area (Å²) in [6.07, 6.45) is 1.63. The van der Waals surface area contributed by atoms with Gasteiger partial charge in [-0.1, -0.05) is 28.1 Å². The molecule has 0 fully saturated rings. The lowest BCUT2D eigenvalue weighted by Gasteiger charge is -2.10. The fourth-order valence-corrected chi connectivity index (χ4v) is 2.58. The third-order valence-electron chi connectivity index (χ3n) is 3.15. The Balaban J connectivity index is 2.04. The standard InChI is InChI=1S/C16H12BrFN2O/c17-13-3-1-2-12-11(13)6-7-20-16(12)21-15-5-4-10(9-19)8-14(15)18/h1-8H,9,19H2. The molecule has 0 spiro atoms. The van der Waals surface area contributed by atoms with Gasteiger partial charge in [-0.3, -0.25) is 0 Å².